The smallest absolute Gasteiger partial charge is 0.234 e. The highest BCUT2D eigenvalue weighted by molar-refractivity contribution is 5.85. The van der Waals surface area contributed by atoms with Crippen LogP contribution in [0.1, 0.15) is 5.56 Å². The Morgan fingerprint density at radius 2 is 1.52 bits per heavy atom. The number of nitrogens with zero attached hydrogens (tertiary/aromatic N) is 3. The van der Waals surface area contributed by atoms with E-state index < -0.39 is 0 Å². The van der Waals surface area contributed by atoms with E-state index in [2.05, 4.69) is 55.7 Å². The second-order valence-electron chi connectivity index (χ2n) is 6.98. The third-order valence-electron chi connectivity index (χ3n) is 5.04. The summed E-state index contributed by atoms with van der Waals surface area (Å²) < 4.78 is 0. The maximum absolute atomic E-state index is 12.1. The maximum Gasteiger partial charge on any atom is 0.234 e. The molecule has 27 heavy (non-hydrogen) atoms. The Hall–Kier alpha value is -0.890. The molecule has 0 aliphatic carbocycles. The Kier molecular flexibility index (Phi) is 11.9. The first-order valence-electron chi connectivity index (χ1n) is 9.48. The average molecular weight is 418 g/mol. The SMILES string of the molecule is Cl.Cl.O=C(CN1CCN(Cc2ccccc2)CC1)NCCN1CCNCC1. The molecule has 154 valence electrons. The van der Waals surface area contributed by atoms with Gasteiger partial charge < -0.3 is 10.6 Å². The van der Waals surface area contributed by atoms with Crippen molar-refractivity contribution in [1.82, 2.24) is 25.3 Å². The van der Waals surface area contributed by atoms with E-state index in [0.29, 0.717) is 6.54 Å². The topological polar surface area (TPSA) is 50.9 Å². The summed E-state index contributed by atoms with van der Waals surface area (Å²) in [5.41, 5.74) is 1.36. The summed E-state index contributed by atoms with van der Waals surface area (Å²) in [4.78, 5) is 19.3. The fourth-order valence-corrected chi connectivity index (χ4v) is 3.49. The van der Waals surface area contributed by atoms with Crippen LogP contribution in [0.5, 0.6) is 0 Å². The average Bonchev–Trinajstić information content (AvgIpc) is 2.65. The minimum Gasteiger partial charge on any atom is -0.354 e. The lowest BCUT2D eigenvalue weighted by Crippen LogP contribution is -2.50. The van der Waals surface area contributed by atoms with Crippen LogP contribution in [-0.4, -0.2) is 92.6 Å². The van der Waals surface area contributed by atoms with Crippen molar-refractivity contribution in [2.75, 3.05) is 72.0 Å². The fourth-order valence-electron chi connectivity index (χ4n) is 3.49. The lowest BCUT2D eigenvalue weighted by molar-refractivity contribution is -0.122. The fraction of sp³-hybridized carbons (Fsp3) is 0.632. The van der Waals surface area contributed by atoms with Gasteiger partial charge in [-0.15, -0.1) is 24.8 Å². The predicted molar refractivity (Wildman–Crippen MR) is 115 cm³/mol. The molecule has 2 aliphatic heterocycles. The van der Waals surface area contributed by atoms with Crippen LogP contribution < -0.4 is 10.6 Å². The van der Waals surface area contributed by atoms with Crippen molar-refractivity contribution in [3.05, 3.63) is 35.9 Å². The van der Waals surface area contributed by atoms with Gasteiger partial charge in [0.25, 0.3) is 0 Å². The number of halogens is 2. The third kappa shape index (κ3) is 8.77. The van der Waals surface area contributed by atoms with Crippen LogP contribution >= 0.6 is 24.8 Å². The molecule has 2 fully saturated rings. The quantitative estimate of drug-likeness (QED) is 0.682. The number of carbonyl (C=O) groups is 1. The lowest BCUT2D eigenvalue weighted by Gasteiger charge is -2.34. The molecule has 2 saturated heterocycles. The molecule has 0 radical (unpaired) electrons. The van der Waals surface area contributed by atoms with Crippen molar-refractivity contribution in [3.63, 3.8) is 0 Å². The number of hydrogen-bond donors (Lipinski definition) is 2. The summed E-state index contributed by atoms with van der Waals surface area (Å²) in [7, 11) is 0. The zero-order chi connectivity index (χ0) is 17.3. The van der Waals surface area contributed by atoms with Crippen LogP contribution in [-0.2, 0) is 11.3 Å². The van der Waals surface area contributed by atoms with E-state index in [1.165, 1.54) is 5.56 Å². The van der Waals surface area contributed by atoms with Crippen molar-refractivity contribution >= 4 is 30.7 Å². The zero-order valence-electron chi connectivity index (χ0n) is 15.9. The minimum absolute atomic E-state index is 0. The molecule has 0 saturated carbocycles. The van der Waals surface area contributed by atoms with Crippen LogP contribution in [0.2, 0.25) is 0 Å². The first-order chi connectivity index (χ1) is 12.3. The number of rotatable bonds is 7. The van der Waals surface area contributed by atoms with Crippen LogP contribution in [0.3, 0.4) is 0 Å². The van der Waals surface area contributed by atoms with E-state index in [-0.39, 0.29) is 30.7 Å². The first kappa shape index (κ1) is 24.1. The molecular formula is C19H33Cl2N5O. The molecular weight excluding hydrogens is 385 g/mol. The van der Waals surface area contributed by atoms with E-state index in [0.717, 1.165) is 72.0 Å². The van der Waals surface area contributed by atoms with Gasteiger partial charge >= 0.3 is 0 Å². The van der Waals surface area contributed by atoms with E-state index in [1.54, 1.807) is 0 Å². The maximum atomic E-state index is 12.1. The van der Waals surface area contributed by atoms with E-state index in [9.17, 15) is 4.79 Å². The lowest BCUT2D eigenvalue weighted by atomic mass is 10.2. The summed E-state index contributed by atoms with van der Waals surface area (Å²) in [6, 6.07) is 10.6. The Morgan fingerprint density at radius 3 is 2.19 bits per heavy atom. The third-order valence-corrected chi connectivity index (χ3v) is 5.04. The molecule has 8 heteroatoms. The Morgan fingerprint density at radius 1 is 0.889 bits per heavy atom. The molecule has 0 spiro atoms. The number of amides is 1. The molecule has 0 atom stereocenters. The summed E-state index contributed by atoms with van der Waals surface area (Å²) >= 11 is 0. The van der Waals surface area contributed by atoms with Crippen LogP contribution in [0.25, 0.3) is 0 Å². The molecule has 1 aromatic rings. The van der Waals surface area contributed by atoms with Crippen LogP contribution in [0.15, 0.2) is 30.3 Å². The van der Waals surface area contributed by atoms with Gasteiger partial charge in [-0.3, -0.25) is 19.5 Å². The minimum atomic E-state index is 0. The second-order valence-corrected chi connectivity index (χ2v) is 6.98. The molecule has 0 aromatic heterocycles. The van der Waals surface area contributed by atoms with Gasteiger partial charge in [-0.1, -0.05) is 30.3 Å². The van der Waals surface area contributed by atoms with Gasteiger partial charge in [-0.25, -0.2) is 0 Å². The van der Waals surface area contributed by atoms with E-state index in [1.807, 2.05) is 0 Å². The number of benzene rings is 1. The van der Waals surface area contributed by atoms with Crippen LogP contribution in [0.4, 0.5) is 0 Å². The molecule has 3 rings (SSSR count). The van der Waals surface area contributed by atoms with Crippen molar-refractivity contribution < 1.29 is 4.79 Å². The second kappa shape index (κ2) is 13.3. The molecule has 0 unspecified atom stereocenters. The largest absolute Gasteiger partial charge is 0.354 e. The zero-order valence-corrected chi connectivity index (χ0v) is 17.6. The standard InChI is InChI=1S/C19H31N5O.2ClH/c25-19(21-8-11-22-9-6-20-7-10-22)17-24-14-12-23(13-15-24)16-18-4-2-1-3-5-18;;/h1-5,20H,6-17H2,(H,21,25);2*1H. The van der Waals surface area contributed by atoms with Gasteiger partial charge in [0.1, 0.15) is 0 Å². The Labute approximate surface area is 175 Å². The van der Waals surface area contributed by atoms with Gasteiger partial charge in [-0.05, 0) is 5.56 Å². The van der Waals surface area contributed by atoms with Gasteiger partial charge in [0, 0.05) is 72.0 Å². The molecule has 2 aliphatic rings. The van der Waals surface area contributed by atoms with Crippen molar-refractivity contribution in [2.24, 2.45) is 0 Å². The van der Waals surface area contributed by atoms with E-state index >= 15 is 0 Å². The van der Waals surface area contributed by atoms with Gasteiger partial charge in [0.2, 0.25) is 5.91 Å². The number of piperazine rings is 2. The number of hydrogen-bond acceptors (Lipinski definition) is 5. The van der Waals surface area contributed by atoms with Crippen molar-refractivity contribution in [2.45, 2.75) is 6.54 Å². The normalized spacial score (nSPS) is 19.0. The van der Waals surface area contributed by atoms with Crippen molar-refractivity contribution in [3.8, 4) is 0 Å². The summed E-state index contributed by atoms with van der Waals surface area (Å²) in [5, 5.41) is 6.42. The first-order valence-corrected chi connectivity index (χ1v) is 9.48. The van der Waals surface area contributed by atoms with Gasteiger partial charge in [0.05, 0.1) is 6.54 Å². The highest BCUT2D eigenvalue weighted by Crippen LogP contribution is 2.08. The van der Waals surface area contributed by atoms with Crippen LogP contribution in [0, 0.1) is 0 Å². The summed E-state index contributed by atoms with van der Waals surface area (Å²) in [6.07, 6.45) is 0. The Bertz CT molecular complexity index is 520. The van der Waals surface area contributed by atoms with Gasteiger partial charge in [0.15, 0.2) is 0 Å². The van der Waals surface area contributed by atoms with Crippen molar-refractivity contribution in [1.29, 1.82) is 0 Å². The molecule has 0 bridgehead atoms. The molecule has 2 heterocycles. The predicted octanol–water partition coefficient (Wildman–Crippen LogP) is 0.669. The summed E-state index contributed by atoms with van der Waals surface area (Å²) in [6.45, 7) is 11.5. The number of carbonyl (C=O) groups excluding carboxylic acids is 1. The number of nitrogens with one attached hydrogen (secondary N) is 2. The van der Waals surface area contributed by atoms with Gasteiger partial charge in [-0.2, -0.15) is 0 Å². The Balaban J connectivity index is 0.00000182. The molecule has 1 aromatic carbocycles. The molecule has 1 amide bonds. The summed E-state index contributed by atoms with van der Waals surface area (Å²) in [5.74, 6) is 0.159. The van der Waals surface area contributed by atoms with E-state index in [4.69, 9.17) is 0 Å². The monoisotopic (exact) mass is 417 g/mol. The molecule has 6 nitrogen and oxygen atoms in total. The highest BCUT2D eigenvalue weighted by atomic mass is 35.5. The highest BCUT2D eigenvalue weighted by Gasteiger charge is 2.19. The molecule has 2 N–H and O–H groups in total.